The van der Waals surface area contributed by atoms with Gasteiger partial charge in [0.05, 0.1) is 11.4 Å². The lowest BCUT2D eigenvalue weighted by atomic mass is 9.99. The fraction of sp³-hybridized carbons (Fsp3) is 0. The van der Waals surface area contributed by atoms with Gasteiger partial charge in [-0.3, -0.25) is 0 Å². The predicted molar refractivity (Wildman–Crippen MR) is 174 cm³/mol. The lowest BCUT2D eigenvalue weighted by molar-refractivity contribution is 1.18. The van der Waals surface area contributed by atoms with Crippen LogP contribution in [-0.4, -0.2) is 9.97 Å². The topological polar surface area (TPSA) is 25.8 Å². The predicted octanol–water partition coefficient (Wildman–Crippen LogP) is 10.7. The molecule has 0 fully saturated rings. The minimum absolute atomic E-state index is 0.728. The van der Waals surface area contributed by atoms with E-state index in [9.17, 15) is 0 Å². The molecule has 0 spiro atoms. The first-order chi connectivity index (χ1) is 20.3. The van der Waals surface area contributed by atoms with Gasteiger partial charge in [-0.1, -0.05) is 127 Å². The molecule has 2 aromatic heterocycles. The summed E-state index contributed by atoms with van der Waals surface area (Å²) in [5.41, 5.74) is 7.36. The van der Waals surface area contributed by atoms with Crippen LogP contribution in [0, 0.1) is 0 Å². The molecular formula is C38H24N2S. The molecule has 0 bridgehead atoms. The lowest BCUT2D eigenvalue weighted by Gasteiger charge is -2.10. The summed E-state index contributed by atoms with van der Waals surface area (Å²) in [6.45, 7) is 0. The molecule has 8 aromatic rings. The summed E-state index contributed by atoms with van der Waals surface area (Å²) in [5, 5.41) is 5.24. The molecule has 2 heterocycles. The van der Waals surface area contributed by atoms with E-state index in [2.05, 4.69) is 109 Å². The molecule has 0 aliphatic carbocycles. The Kier molecular flexibility index (Phi) is 5.68. The summed E-state index contributed by atoms with van der Waals surface area (Å²) in [4.78, 5) is 9.98. The zero-order valence-corrected chi connectivity index (χ0v) is 23.0. The number of thiophene rings is 1. The molecule has 0 saturated heterocycles. The van der Waals surface area contributed by atoms with E-state index < -0.39 is 0 Å². The summed E-state index contributed by atoms with van der Waals surface area (Å²) >= 11 is 1.88. The zero-order chi connectivity index (χ0) is 27.2. The third-order valence-corrected chi connectivity index (χ3v) is 8.88. The van der Waals surface area contributed by atoms with Crippen LogP contribution in [-0.2, 0) is 0 Å². The Morgan fingerprint density at radius 1 is 0.390 bits per heavy atom. The van der Waals surface area contributed by atoms with E-state index in [0.717, 1.165) is 33.9 Å². The number of rotatable bonds is 4. The van der Waals surface area contributed by atoms with E-state index in [1.165, 1.54) is 42.1 Å². The molecule has 0 aliphatic heterocycles. The van der Waals surface area contributed by atoms with Gasteiger partial charge >= 0.3 is 0 Å². The van der Waals surface area contributed by atoms with Crippen molar-refractivity contribution in [3.8, 4) is 45.0 Å². The van der Waals surface area contributed by atoms with Gasteiger partial charge in [0.2, 0.25) is 0 Å². The van der Waals surface area contributed by atoms with Crippen LogP contribution in [0.15, 0.2) is 146 Å². The Morgan fingerprint density at radius 3 is 1.85 bits per heavy atom. The van der Waals surface area contributed by atoms with Crippen molar-refractivity contribution in [3.05, 3.63) is 146 Å². The summed E-state index contributed by atoms with van der Waals surface area (Å²) < 4.78 is 2.66. The van der Waals surface area contributed by atoms with Gasteiger partial charge in [0.1, 0.15) is 0 Å². The Balaban J connectivity index is 1.25. The second-order valence-electron chi connectivity index (χ2n) is 10.3. The molecule has 6 aromatic carbocycles. The fourth-order valence-electron chi connectivity index (χ4n) is 5.61. The van der Waals surface area contributed by atoms with Crippen LogP contribution in [0.4, 0.5) is 0 Å². The fourth-order valence-corrected chi connectivity index (χ4v) is 6.89. The average Bonchev–Trinajstić information content (AvgIpc) is 3.44. The molecule has 0 amide bonds. The van der Waals surface area contributed by atoms with Crippen LogP contribution in [0.2, 0.25) is 0 Å². The molecule has 3 heteroatoms. The summed E-state index contributed by atoms with van der Waals surface area (Å²) in [7, 11) is 0. The van der Waals surface area contributed by atoms with Crippen molar-refractivity contribution in [3.63, 3.8) is 0 Å². The Bertz CT molecular complexity index is 2140. The minimum atomic E-state index is 0.728. The number of hydrogen-bond donors (Lipinski definition) is 0. The van der Waals surface area contributed by atoms with Gasteiger partial charge in [-0.05, 0) is 40.1 Å². The first-order valence-electron chi connectivity index (χ1n) is 13.7. The van der Waals surface area contributed by atoms with Crippen molar-refractivity contribution in [1.29, 1.82) is 0 Å². The van der Waals surface area contributed by atoms with Crippen molar-refractivity contribution in [2.24, 2.45) is 0 Å². The first kappa shape index (κ1) is 23.7. The van der Waals surface area contributed by atoms with Crippen molar-refractivity contribution in [1.82, 2.24) is 9.97 Å². The third-order valence-electron chi connectivity index (χ3n) is 7.68. The van der Waals surface area contributed by atoms with E-state index in [0.29, 0.717) is 0 Å². The van der Waals surface area contributed by atoms with E-state index in [1.54, 1.807) is 0 Å². The molecule has 0 saturated carbocycles. The maximum atomic E-state index is 5.03. The molecule has 0 radical (unpaired) electrons. The van der Waals surface area contributed by atoms with Crippen molar-refractivity contribution in [2.45, 2.75) is 0 Å². The van der Waals surface area contributed by atoms with Gasteiger partial charge in [0.15, 0.2) is 5.82 Å². The Labute approximate surface area is 242 Å². The number of fused-ring (bicyclic) bond motifs is 5. The van der Waals surface area contributed by atoms with E-state index in [-0.39, 0.29) is 0 Å². The molecule has 0 N–H and O–H groups in total. The smallest absolute Gasteiger partial charge is 0.160 e. The van der Waals surface area contributed by atoms with E-state index in [4.69, 9.17) is 9.97 Å². The van der Waals surface area contributed by atoms with Crippen molar-refractivity contribution < 1.29 is 0 Å². The van der Waals surface area contributed by atoms with Crippen LogP contribution in [0.5, 0.6) is 0 Å². The monoisotopic (exact) mass is 540 g/mol. The number of hydrogen-bond acceptors (Lipinski definition) is 3. The highest BCUT2D eigenvalue weighted by Gasteiger charge is 2.13. The molecule has 192 valence electrons. The Hall–Kier alpha value is -5.12. The highest BCUT2D eigenvalue weighted by molar-refractivity contribution is 7.26. The minimum Gasteiger partial charge on any atom is -0.228 e. The molecule has 0 atom stereocenters. The van der Waals surface area contributed by atoms with E-state index >= 15 is 0 Å². The van der Waals surface area contributed by atoms with Crippen molar-refractivity contribution >= 4 is 42.3 Å². The number of benzene rings is 6. The van der Waals surface area contributed by atoms with Crippen molar-refractivity contribution in [2.75, 3.05) is 0 Å². The second kappa shape index (κ2) is 9.81. The molecule has 0 unspecified atom stereocenters. The normalized spacial score (nSPS) is 11.4. The SMILES string of the molecule is c1ccc(-c2cc(-c3cccc(-c4ccc5c(c4)sc4c6ccccc6ccc54)c3)nc(-c3ccccc3)n2)cc1. The third kappa shape index (κ3) is 4.28. The summed E-state index contributed by atoms with van der Waals surface area (Å²) in [6.07, 6.45) is 0. The molecule has 0 aliphatic rings. The largest absolute Gasteiger partial charge is 0.228 e. The molecular weight excluding hydrogens is 516 g/mol. The van der Waals surface area contributed by atoms with Gasteiger partial charge in [-0.25, -0.2) is 9.97 Å². The van der Waals surface area contributed by atoms with Gasteiger partial charge < -0.3 is 0 Å². The van der Waals surface area contributed by atoms with Gasteiger partial charge in [0.25, 0.3) is 0 Å². The lowest BCUT2D eigenvalue weighted by Crippen LogP contribution is -1.96. The quantitative estimate of drug-likeness (QED) is 0.222. The molecule has 41 heavy (non-hydrogen) atoms. The van der Waals surface area contributed by atoms with Gasteiger partial charge in [0, 0.05) is 36.9 Å². The standard InChI is InChI=1S/C38H24N2S/c1-3-11-26(12-4-1)34-24-35(40-38(39-34)27-13-5-2-6-14-27)30-16-9-15-28(22-30)29-19-20-32-33-21-18-25-10-7-8-17-31(25)37(33)41-36(32)23-29/h1-24H. The average molecular weight is 541 g/mol. The van der Waals surface area contributed by atoms with Crippen LogP contribution in [0.25, 0.3) is 76.0 Å². The summed E-state index contributed by atoms with van der Waals surface area (Å²) in [5.74, 6) is 0.728. The molecule has 8 rings (SSSR count). The van der Waals surface area contributed by atoms with Crippen LogP contribution < -0.4 is 0 Å². The maximum Gasteiger partial charge on any atom is 0.160 e. The van der Waals surface area contributed by atoms with Crippen LogP contribution in [0.1, 0.15) is 0 Å². The first-order valence-corrected chi connectivity index (χ1v) is 14.6. The van der Waals surface area contributed by atoms with Gasteiger partial charge in [-0.15, -0.1) is 11.3 Å². The van der Waals surface area contributed by atoms with Gasteiger partial charge in [-0.2, -0.15) is 0 Å². The zero-order valence-electron chi connectivity index (χ0n) is 22.2. The van der Waals surface area contributed by atoms with Crippen LogP contribution >= 0.6 is 11.3 Å². The number of aromatic nitrogens is 2. The van der Waals surface area contributed by atoms with E-state index in [1.807, 2.05) is 47.7 Å². The highest BCUT2D eigenvalue weighted by Crippen LogP contribution is 2.40. The second-order valence-corrected chi connectivity index (χ2v) is 11.3. The number of nitrogens with zero attached hydrogens (tertiary/aromatic N) is 2. The molecule has 2 nitrogen and oxygen atoms in total. The highest BCUT2D eigenvalue weighted by atomic mass is 32.1. The summed E-state index contributed by atoms with van der Waals surface area (Å²) in [6, 6.07) is 51.3. The maximum absolute atomic E-state index is 5.03. The van der Waals surface area contributed by atoms with Crippen LogP contribution in [0.3, 0.4) is 0 Å². The Morgan fingerprint density at radius 2 is 1.02 bits per heavy atom.